The van der Waals surface area contributed by atoms with Gasteiger partial charge in [-0.25, -0.2) is 19.9 Å². The van der Waals surface area contributed by atoms with E-state index in [1.54, 1.807) is 28.9 Å². The number of thiazole rings is 2. The first kappa shape index (κ1) is 18.2. The number of H-pyrrole nitrogens is 1. The molecular formula is C19H20N8S2. The Morgan fingerprint density at radius 1 is 1.17 bits per heavy atom. The minimum absolute atomic E-state index is 0.567. The second kappa shape index (κ2) is 7.20. The number of rotatable bonds is 4. The fourth-order valence-electron chi connectivity index (χ4n) is 3.49. The number of fused-ring (bicyclic) bond motifs is 3. The summed E-state index contributed by atoms with van der Waals surface area (Å²) in [6, 6.07) is 1.88. The molecule has 1 aliphatic heterocycles. The summed E-state index contributed by atoms with van der Waals surface area (Å²) in [7, 11) is 0. The second-order valence-electron chi connectivity index (χ2n) is 6.98. The van der Waals surface area contributed by atoms with Gasteiger partial charge in [0.2, 0.25) is 5.95 Å². The van der Waals surface area contributed by atoms with E-state index in [1.807, 2.05) is 19.2 Å². The molecule has 5 heterocycles. The number of aromatic amines is 1. The summed E-state index contributed by atoms with van der Waals surface area (Å²) >= 11 is 3.39. The van der Waals surface area contributed by atoms with E-state index >= 15 is 0 Å². The lowest BCUT2D eigenvalue weighted by molar-refractivity contribution is 0.760. The molecule has 0 saturated heterocycles. The zero-order chi connectivity index (χ0) is 20.0. The molecule has 2 N–H and O–H groups in total. The Bertz CT molecular complexity index is 1170. The van der Waals surface area contributed by atoms with Gasteiger partial charge in [0.25, 0.3) is 0 Å². The summed E-state index contributed by atoms with van der Waals surface area (Å²) in [6.07, 6.45) is 4.52. The maximum absolute atomic E-state index is 4.84. The molecule has 0 spiro atoms. The molecule has 0 aromatic carbocycles. The van der Waals surface area contributed by atoms with Crippen LogP contribution in [-0.2, 0) is 13.0 Å². The third kappa shape index (κ3) is 3.49. The summed E-state index contributed by atoms with van der Waals surface area (Å²) in [5.41, 5.74) is 4.05. The Labute approximate surface area is 176 Å². The lowest BCUT2D eigenvalue weighted by atomic mass is 10.2. The first-order valence-corrected chi connectivity index (χ1v) is 11.0. The Kier molecular flexibility index (Phi) is 4.51. The summed E-state index contributed by atoms with van der Waals surface area (Å²) < 4.78 is 0. The number of nitrogens with one attached hydrogen (secondary N) is 2. The van der Waals surface area contributed by atoms with Gasteiger partial charge in [-0.1, -0.05) is 0 Å². The second-order valence-corrected chi connectivity index (χ2v) is 9.47. The van der Waals surface area contributed by atoms with Crippen molar-refractivity contribution in [1.82, 2.24) is 30.1 Å². The van der Waals surface area contributed by atoms with Gasteiger partial charge in [-0.15, -0.1) is 22.7 Å². The number of hydrogen-bond acceptors (Lipinski definition) is 9. The molecule has 1 aliphatic rings. The van der Waals surface area contributed by atoms with Crippen LogP contribution in [0.3, 0.4) is 0 Å². The lowest BCUT2D eigenvalue weighted by Crippen LogP contribution is -2.25. The average Bonchev–Trinajstić information content (AvgIpc) is 3.36. The van der Waals surface area contributed by atoms with Gasteiger partial charge < -0.3 is 10.2 Å². The summed E-state index contributed by atoms with van der Waals surface area (Å²) in [5.74, 6) is 1.56. The van der Waals surface area contributed by atoms with E-state index in [2.05, 4.69) is 44.2 Å². The van der Waals surface area contributed by atoms with Crippen molar-refractivity contribution < 1.29 is 0 Å². The first-order chi connectivity index (χ1) is 14.1. The smallest absolute Gasteiger partial charge is 0.229 e. The molecular weight excluding hydrogens is 404 g/mol. The van der Waals surface area contributed by atoms with Crippen molar-refractivity contribution in [2.75, 3.05) is 16.8 Å². The van der Waals surface area contributed by atoms with Gasteiger partial charge in [-0.05, 0) is 26.8 Å². The summed E-state index contributed by atoms with van der Waals surface area (Å²) in [4.78, 5) is 23.0. The number of hydrogen-bond donors (Lipinski definition) is 2. The van der Waals surface area contributed by atoms with E-state index in [1.165, 1.54) is 9.75 Å². The molecule has 0 unspecified atom stereocenters. The van der Waals surface area contributed by atoms with Crippen LogP contribution in [0.4, 0.5) is 16.9 Å². The molecule has 0 fully saturated rings. The molecule has 0 aliphatic carbocycles. The highest BCUT2D eigenvalue weighted by Crippen LogP contribution is 2.39. The minimum atomic E-state index is 0.567. The zero-order valence-corrected chi connectivity index (χ0v) is 18.0. The number of aryl methyl sites for hydroxylation is 3. The summed E-state index contributed by atoms with van der Waals surface area (Å²) in [5, 5.41) is 12.6. The molecule has 0 radical (unpaired) electrons. The van der Waals surface area contributed by atoms with Crippen LogP contribution in [0.25, 0.3) is 11.3 Å². The standard InChI is InChI=1S/C19H20N8S2/c1-10-4-6-20-18(22-10)25-19-24-16-13-8-21-26-17(13)27(7-5-15(16)29-19)9-14-11(2)28-12(3)23-14/h4,6,8H,5,7,9H2,1-3H3,(H,21,26)(H,20,22,24,25). The van der Waals surface area contributed by atoms with Crippen molar-refractivity contribution in [2.24, 2.45) is 0 Å². The molecule has 8 nitrogen and oxygen atoms in total. The van der Waals surface area contributed by atoms with Crippen molar-refractivity contribution in [3.05, 3.63) is 44.6 Å². The molecule has 0 bridgehead atoms. The Morgan fingerprint density at radius 2 is 2.07 bits per heavy atom. The van der Waals surface area contributed by atoms with Gasteiger partial charge >= 0.3 is 0 Å². The highest BCUT2D eigenvalue weighted by molar-refractivity contribution is 7.16. The molecule has 29 heavy (non-hydrogen) atoms. The predicted molar refractivity (Wildman–Crippen MR) is 116 cm³/mol. The SMILES string of the molecule is Cc1ccnc(Nc2nc3c(s2)CCN(Cc2nc(C)sc2C)c2[nH]ncc2-3)n1. The van der Waals surface area contributed by atoms with Gasteiger partial charge in [0.05, 0.1) is 34.7 Å². The van der Waals surface area contributed by atoms with Crippen molar-refractivity contribution in [3.63, 3.8) is 0 Å². The largest absolute Gasteiger partial charge is 0.350 e. The molecule has 0 atom stereocenters. The molecule has 148 valence electrons. The normalized spacial score (nSPS) is 13.1. The van der Waals surface area contributed by atoms with Crippen LogP contribution in [0, 0.1) is 20.8 Å². The van der Waals surface area contributed by atoms with Crippen molar-refractivity contribution in [1.29, 1.82) is 0 Å². The highest BCUT2D eigenvalue weighted by Gasteiger charge is 2.26. The predicted octanol–water partition coefficient (Wildman–Crippen LogP) is 4.01. The van der Waals surface area contributed by atoms with Crippen LogP contribution < -0.4 is 10.2 Å². The van der Waals surface area contributed by atoms with E-state index < -0.39 is 0 Å². The molecule has 0 saturated carbocycles. The van der Waals surface area contributed by atoms with Crippen LogP contribution in [0.1, 0.15) is 26.1 Å². The van der Waals surface area contributed by atoms with E-state index in [0.29, 0.717) is 5.95 Å². The summed E-state index contributed by atoms with van der Waals surface area (Å²) in [6.45, 7) is 7.78. The fourth-order valence-corrected chi connectivity index (χ4v) is 5.27. The minimum Gasteiger partial charge on any atom is -0.350 e. The van der Waals surface area contributed by atoms with Crippen molar-refractivity contribution >= 4 is 39.6 Å². The third-order valence-electron chi connectivity index (χ3n) is 4.85. The van der Waals surface area contributed by atoms with E-state index in [9.17, 15) is 0 Å². The van der Waals surface area contributed by atoms with Gasteiger partial charge in [-0.2, -0.15) is 5.10 Å². The topological polar surface area (TPSA) is 95.5 Å². The molecule has 0 amide bonds. The monoisotopic (exact) mass is 424 g/mol. The van der Waals surface area contributed by atoms with Crippen molar-refractivity contribution in [3.8, 4) is 11.3 Å². The van der Waals surface area contributed by atoms with Crippen LogP contribution in [-0.4, -0.2) is 36.7 Å². The third-order valence-corrected chi connectivity index (χ3v) is 6.81. The zero-order valence-electron chi connectivity index (χ0n) is 16.4. The molecule has 10 heteroatoms. The molecule has 4 aromatic rings. The quantitative estimate of drug-likeness (QED) is 0.511. The fraction of sp³-hybridized carbons (Fsp3) is 0.316. The molecule has 5 rings (SSSR count). The Morgan fingerprint density at radius 3 is 2.86 bits per heavy atom. The van der Waals surface area contributed by atoms with Crippen LogP contribution >= 0.6 is 22.7 Å². The highest BCUT2D eigenvalue weighted by atomic mass is 32.1. The van der Waals surface area contributed by atoms with Gasteiger partial charge in [0.1, 0.15) is 5.82 Å². The Hall–Kier alpha value is -2.85. The lowest BCUT2D eigenvalue weighted by Gasteiger charge is -2.21. The van der Waals surface area contributed by atoms with E-state index in [0.717, 1.165) is 58.1 Å². The maximum atomic E-state index is 4.84. The first-order valence-electron chi connectivity index (χ1n) is 9.35. The number of aromatic nitrogens is 6. The Balaban J connectivity index is 1.45. The number of nitrogens with zero attached hydrogens (tertiary/aromatic N) is 6. The average molecular weight is 425 g/mol. The van der Waals surface area contributed by atoms with Crippen molar-refractivity contribution in [2.45, 2.75) is 33.7 Å². The van der Waals surface area contributed by atoms with Gasteiger partial charge in [0, 0.05) is 34.6 Å². The molecule has 4 aromatic heterocycles. The van der Waals surface area contributed by atoms with Gasteiger partial charge in [-0.3, -0.25) is 5.10 Å². The van der Waals surface area contributed by atoms with E-state index in [-0.39, 0.29) is 0 Å². The van der Waals surface area contributed by atoms with Crippen LogP contribution in [0.2, 0.25) is 0 Å². The van der Waals surface area contributed by atoms with Crippen LogP contribution in [0.15, 0.2) is 18.5 Å². The maximum Gasteiger partial charge on any atom is 0.229 e. The van der Waals surface area contributed by atoms with E-state index in [4.69, 9.17) is 9.97 Å². The number of anilines is 3. The van der Waals surface area contributed by atoms with Crippen LogP contribution in [0.5, 0.6) is 0 Å². The van der Waals surface area contributed by atoms with Gasteiger partial charge in [0.15, 0.2) is 5.13 Å².